The van der Waals surface area contributed by atoms with Crippen LogP contribution in [0, 0.1) is 6.92 Å². The molecule has 0 heterocycles. The number of carboxylic acids is 1. The molecule has 0 unspecified atom stereocenters. The van der Waals surface area contributed by atoms with Crippen molar-refractivity contribution >= 4 is 11.7 Å². The zero-order valence-electron chi connectivity index (χ0n) is 12.8. The molecule has 0 aromatic heterocycles. The van der Waals surface area contributed by atoms with Gasteiger partial charge >= 0.3 is 5.97 Å². The van der Waals surface area contributed by atoms with E-state index in [2.05, 4.69) is 30.4 Å². The Hall–Kier alpha value is -2.29. The van der Waals surface area contributed by atoms with Crippen LogP contribution in [0.5, 0.6) is 0 Å². The van der Waals surface area contributed by atoms with E-state index in [1.807, 2.05) is 12.1 Å². The molecule has 0 bridgehead atoms. The lowest BCUT2D eigenvalue weighted by molar-refractivity contribution is 0.0698. The molecule has 1 aliphatic carbocycles. The van der Waals surface area contributed by atoms with Crippen molar-refractivity contribution in [3.8, 4) is 0 Å². The first-order valence-corrected chi connectivity index (χ1v) is 7.81. The molecule has 2 aromatic rings. The molecule has 22 heavy (non-hydrogen) atoms. The zero-order chi connectivity index (χ0) is 15.5. The van der Waals surface area contributed by atoms with E-state index in [1.54, 1.807) is 12.1 Å². The number of carbonyl (C=O) groups is 1. The normalized spacial score (nSPS) is 16.9. The Bertz CT molecular complexity index is 694. The number of hydrogen-bond acceptors (Lipinski definition) is 2. The van der Waals surface area contributed by atoms with Crippen molar-refractivity contribution in [2.45, 2.75) is 32.1 Å². The number of nitrogens with one attached hydrogen (secondary N) is 1. The molecule has 114 valence electrons. The first kappa shape index (κ1) is 14.6. The van der Waals surface area contributed by atoms with Crippen LogP contribution in [0.4, 0.5) is 5.69 Å². The number of hydrogen-bond donors (Lipinski definition) is 2. The zero-order valence-corrected chi connectivity index (χ0v) is 12.8. The van der Waals surface area contributed by atoms with Crippen molar-refractivity contribution < 1.29 is 9.90 Å². The van der Waals surface area contributed by atoms with Crippen LogP contribution in [0.2, 0.25) is 0 Å². The third kappa shape index (κ3) is 2.98. The minimum absolute atomic E-state index is 0.336. The second kappa shape index (κ2) is 6.22. The van der Waals surface area contributed by atoms with E-state index >= 15 is 0 Å². The largest absolute Gasteiger partial charge is 0.478 e. The number of aryl methyl sites for hydroxylation is 2. The lowest BCUT2D eigenvalue weighted by atomic mass is 9.82. The van der Waals surface area contributed by atoms with E-state index in [-0.39, 0.29) is 0 Å². The maximum Gasteiger partial charge on any atom is 0.337 e. The molecule has 0 saturated heterocycles. The van der Waals surface area contributed by atoms with E-state index in [0.717, 1.165) is 19.4 Å². The minimum Gasteiger partial charge on any atom is -0.478 e. The number of anilines is 1. The molecule has 2 aromatic carbocycles. The van der Waals surface area contributed by atoms with Gasteiger partial charge in [-0.15, -0.1) is 0 Å². The summed E-state index contributed by atoms with van der Waals surface area (Å²) in [6.07, 6.45) is 3.50. The standard InChI is InChI=1S/C19H21NO2/c1-13-9-10-16-14(11-13)5-4-6-15(16)12-20-18-8-3-2-7-17(18)19(21)22/h2-3,7-11,15,20H,4-6,12H2,1H3,(H,21,22)/t15-/m1/s1. The highest BCUT2D eigenvalue weighted by molar-refractivity contribution is 5.94. The summed E-state index contributed by atoms with van der Waals surface area (Å²) in [6, 6.07) is 13.8. The average molecular weight is 295 g/mol. The molecule has 3 heteroatoms. The van der Waals surface area contributed by atoms with Gasteiger partial charge in [0.2, 0.25) is 0 Å². The van der Waals surface area contributed by atoms with Crippen LogP contribution in [-0.4, -0.2) is 17.6 Å². The Morgan fingerprint density at radius 3 is 2.91 bits per heavy atom. The first-order valence-electron chi connectivity index (χ1n) is 7.81. The fourth-order valence-corrected chi connectivity index (χ4v) is 3.31. The summed E-state index contributed by atoms with van der Waals surface area (Å²) < 4.78 is 0. The predicted octanol–water partition coefficient (Wildman–Crippen LogP) is 4.23. The van der Waals surface area contributed by atoms with Gasteiger partial charge < -0.3 is 10.4 Å². The van der Waals surface area contributed by atoms with Crippen molar-refractivity contribution in [2.24, 2.45) is 0 Å². The maximum atomic E-state index is 11.3. The first-order chi connectivity index (χ1) is 10.6. The SMILES string of the molecule is Cc1ccc2c(c1)CCC[C@@H]2CNc1ccccc1C(=O)O. The number of carboxylic acid groups (broad SMARTS) is 1. The highest BCUT2D eigenvalue weighted by atomic mass is 16.4. The van der Waals surface area contributed by atoms with Crippen molar-refractivity contribution in [1.82, 2.24) is 0 Å². The van der Waals surface area contributed by atoms with E-state index in [1.165, 1.54) is 23.1 Å². The number of aromatic carboxylic acids is 1. The van der Waals surface area contributed by atoms with Gasteiger partial charge in [0.05, 0.1) is 5.56 Å². The van der Waals surface area contributed by atoms with Crippen LogP contribution < -0.4 is 5.32 Å². The third-order valence-electron chi connectivity index (χ3n) is 4.43. The highest BCUT2D eigenvalue weighted by Gasteiger charge is 2.20. The van der Waals surface area contributed by atoms with Crippen LogP contribution in [0.1, 0.15) is 45.8 Å². The van der Waals surface area contributed by atoms with Crippen LogP contribution in [0.25, 0.3) is 0 Å². The summed E-state index contributed by atoms with van der Waals surface area (Å²) in [5.41, 5.74) is 5.21. The molecule has 0 amide bonds. The van der Waals surface area contributed by atoms with Crippen LogP contribution >= 0.6 is 0 Å². The van der Waals surface area contributed by atoms with Gasteiger partial charge in [0.1, 0.15) is 0 Å². The molecule has 0 aliphatic heterocycles. The van der Waals surface area contributed by atoms with Gasteiger partial charge in [0.15, 0.2) is 0 Å². The quantitative estimate of drug-likeness (QED) is 0.887. The summed E-state index contributed by atoms with van der Waals surface area (Å²) in [4.78, 5) is 11.3. The molecule has 0 spiro atoms. The van der Waals surface area contributed by atoms with E-state index in [0.29, 0.717) is 17.2 Å². The Labute approximate surface area is 131 Å². The second-order valence-electron chi connectivity index (χ2n) is 6.02. The number of para-hydroxylation sites is 1. The highest BCUT2D eigenvalue weighted by Crippen LogP contribution is 2.32. The van der Waals surface area contributed by atoms with Gasteiger partial charge in [-0.25, -0.2) is 4.79 Å². The van der Waals surface area contributed by atoms with Crippen LogP contribution in [0.15, 0.2) is 42.5 Å². The Kier molecular flexibility index (Phi) is 4.14. The molecule has 1 atom stereocenters. The van der Waals surface area contributed by atoms with Gasteiger partial charge in [0.25, 0.3) is 0 Å². The Morgan fingerprint density at radius 2 is 2.09 bits per heavy atom. The van der Waals surface area contributed by atoms with Crippen molar-refractivity contribution in [1.29, 1.82) is 0 Å². The Balaban J connectivity index is 1.77. The topological polar surface area (TPSA) is 49.3 Å². The summed E-state index contributed by atoms with van der Waals surface area (Å²) in [5, 5.41) is 12.6. The van der Waals surface area contributed by atoms with Gasteiger partial charge in [-0.1, -0.05) is 35.9 Å². The summed E-state index contributed by atoms with van der Waals surface area (Å²) in [7, 11) is 0. The van der Waals surface area contributed by atoms with E-state index in [4.69, 9.17) is 0 Å². The summed E-state index contributed by atoms with van der Waals surface area (Å²) in [6.45, 7) is 2.91. The summed E-state index contributed by atoms with van der Waals surface area (Å²) in [5.74, 6) is -0.436. The van der Waals surface area contributed by atoms with Gasteiger partial charge in [0, 0.05) is 18.2 Å². The molecule has 2 N–H and O–H groups in total. The molecule has 1 aliphatic rings. The van der Waals surface area contributed by atoms with Crippen molar-refractivity contribution in [3.63, 3.8) is 0 Å². The molecule has 3 rings (SSSR count). The predicted molar refractivity (Wildman–Crippen MR) is 88.7 cm³/mol. The van der Waals surface area contributed by atoms with Gasteiger partial charge in [-0.3, -0.25) is 0 Å². The second-order valence-corrected chi connectivity index (χ2v) is 6.02. The fourth-order valence-electron chi connectivity index (χ4n) is 3.31. The van der Waals surface area contributed by atoms with Gasteiger partial charge in [-0.05, 0) is 49.4 Å². The van der Waals surface area contributed by atoms with E-state index in [9.17, 15) is 9.90 Å². The lowest BCUT2D eigenvalue weighted by Crippen LogP contribution is -2.19. The summed E-state index contributed by atoms with van der Waals surface area (Å²) >= 11 is 0. The van der Waals surface area contributed by atoms with Crippen LogP contribution in [0.3, 0.4) is 0 Å². The molecular formula is C19H21NO2. The van der Waals surface area contributed by atoms with Crippen molar-refractivity contribution in [2.75, 3.05) is 11.9 Å². The number of rotatable bonds is 4. The lowest BCUT2D eigenvalue weighted by Gasteiger charge is -2.26. The number of fused-ring (bicyclic) bond motifs is 1. The smallest absolute Gasteiger partial charge is 0.337 e. The van der Waals surface area contributed by atoms with E-state index < -0.39 is 5.97 Å². The van der Waals surface area contributed by atoms with Gasteiger partial charge in [-0.2, -0.15) is 0 Å². The third-order valence-corrected chi connectivity index (χ3v) is 4.43. The molecule has 3 nitrogen and oxygen atoms in total. The monoisotopic (exact) mass is 295 g/mol. The van der Waals surface area contributed by atoms with Crippen molar-refractivity contribution in [3.05, 3.63) is 64.7 Å². The minimum atomic E-state index is -0.886. The fraction of sp³-hybridized carbons (Fsp3) is 0.316. The average Bonchev–Trinajstić information content (AvgIpc) is 2.52. The Morgan fingerprint density at radius 1 is 1.27 bits per heavy atom. The molecular weight excluding hydrogens is 274 g/mol. The maximum absolute atomic E-state index is 11.3. The molecule has 0 fully saturated rings. The number of benzene rings is 2. The molecule has 0 radical (unpaired) electrons. The van der Waals surface area contributed by atoms with Crippen LogP contribution in [-0.2, 0) is 6.42 Å². The molecule has 0 saturated carbocycles.